The summed E-state index contributed by atoms with van der Waals surface area (Å²) in [5, 5.41) is 2.91. The minimum atomic E-state index is -0.259. The van der Waals surface area contributed by atoms with Crippen molar-refractivity contribution < 1.29 is 9.59 Å². The van der Waals surface area contributed by atoms with Crippen molar-refractivity contribution in [2.24, 2.45) is 11.7 Å². The Labute approximate surface area is 119 Å². The summed E-state index contributed by atoms with van der Waals surface area (Å²) < 4.78 is 0. The van der Waals surface area contributed by atoms with Gasteiger partial charge in [0.2, 0.25) is 5.91 Å². The molecule has 1 aromatic carbocycles. The molecule has 0 atom stereocenters. The van der Waals surface area contributed by atoms with Crippen molar-refractivity contribution in [2.45, 2.75) is 26.3 Å². The lowest BCUT2D eigenvalue weighted by Crippen LogP contribution is -2.46. The maximum atomic E-state index is 12.0. The van der Waals surface area contributed by atoms with Gasteiger partial charge in [-0.15, -0.1) is 0 Å². The molecule has 0 saturated carbocycles. The number of likely N-dealkylation sites (tertiary alicyclic amines) is 1. The minimum absolute atomic E-state index is 0.0746. The molecule has 5 heteroatoms. The van der Waals surface area contributed by atoms with Crippen LogP contribution in [0.5, 0.6) is 0 Å². The normalized spacial score (nSPS) is 15.9. The molecule has 0 aliphatic carbocycles. The number of hydrogen-bond donors (Lipinski definition) is 2. The third-order valence-corrected chi connectivity index (χ3v) is 3.71. The van der Waals surface area contributed by atoms with Crippen LogP contribution in [0.1, 0.15) is 24.0 Å². The fourth-order valence-electron chi connectivity index (χ4n) is 2.48. The molecule has 0 radical (unpaired) electrons. The van der Waals surface area contributed by atoms with Crippen molar-refractivity contribution in [1.82, 2.24) is 10.2 Å². The summed E-state index contributed by atoms with van der Waals surface area (Å²) in [5.74, 6) is -0.347. The maximum Gasteiger partial charge on any atom is 0.317 e. The van der Waals surface area contributed by atoms with Crippen molar-refractivity contribution in [3.05, 3.63) is 35.4 Å². The molecule has 1 fully saturated rings. The van der Waals surface area contributed by atoms with Crippen molar-refractivity contribution >= 4 is 11.9 Å². The zero-order valence-corrected chi connectivity index (χ0v) is 11.8. The third-order valence-electron chi connectivity index (χ3n) is 3.71. The smallest absolute Gasteiger partial charge is 0.317 e. The quantitative estimate of drug-likeness (QED) is 0.875. The van der Waals surface area contributed by atoms with Gasteiger partial charge in [-0.25, -0.2) is 4.79 Å². The highest BCUT2D eigenvalue weighted by Gasteiger charge is 2.25. The van der Waals surface area contributed by atoms with E-state index in [2.05, 4.69) is 11.4 Å². The van der Waals surface area contributed by atoms with Gasteiger partial charge in [-0.2, -0.15) is 0 Å². The van der Waals surface area contributed by atoms with Gasteiger partial charge in [-0.05, 0) is 25.3 Å². The summed E-state index contributed by atoms with van der Waals surface area (Å²) in [4.78, 5) is 24.9. The first-order valence-electron chi connectivity index (χ1n) is 6.94. The van der Waals surface area contributed by atoms with E-state index >= 15 is 0 Å². The molecule has 2 rings (SSSR count). The highest BCUT2D eigenvalue weighted by atomic mass is 16.2. The van der Waals surface area contributed by atoms with Gasteiger partial charge >= 0.3 is 6.03 Å². The monoisotopic (exact) mass is 275 g/mol. The first-order valence-corrected chi connectivity index (χ1v) is 6.94. The second kappa shape index (κ2) is 6.41. The molecule has 0 spiro atoms. The predicted molar refractivity (Wildman–Crippen MR) is 76.9 cm³/mol. The Bertz CT molecular complexity index is 494. The molecule has 1 saturated heterocycles. The zero-order valence-electron chi connectivity index (χ0n) is 11.8. The van der Waals surface area contributed by atoms with E-state index < -0.39 is 0 Å². The lowest BCUT2D eigenvalue weighted by atomic mass is 9.96. The van der Waals surface area contributed by atoms with Gasteiger partial charge < -0.3 is 16.0 Å². The van der Waals surface area contributed by atoms with E-state index in [1.165, 1.54) is 5.56 Å². The second-order valence-corrected chi connectivity index (χ2v) is 5.31. The standard InChI is InChI=1S/C15H21N3O2/c1-11-3-2-4-12(9-11)10-17-15(20)18-7-5-13(6-8-18)14(16)19/h2-4,9,13H,5-8,10H2,1H3,(H2,16,19)(H,17,20). The molecule has 108 valence electrons. The topological polar surface area (TPSA) is 75.4 Å². The third kappa shape index (κ3) is 3.73. The van der Waals surface area contributed by atoms with E-state index in [0.717, 1.165) is 5.56 Å². The number of rotatable bonds is 3. The Hall–Kier alpha value is -2.04. The molecule has 0 aromatic heterocycles. The Balaban J connectivity index is 1.80. The largest absolute Gasteiger partial charge is 0.369 e. The van der Waals surface area contributed by atoms with Crippen molar-refractivity contribution in [3.63, 3.8) is 0 Å². The highest BCUT2D eigenvalue weighted by Crippen LogP contribution is 2.16. The number of hydrogen-bond acceptors (Lipinski definition) is 2. The molecule has 3 amide bonds. The van der Waals surface area contributed by atoms with Crippen LogP contribution in [0.2, 0.25) is 0 Å². The van der Waals surface area contributed by atoms with Crippen LogP contribution >= 0.6 is 0 Å². The number of carbonyl (C=O) groups excluding carboxylic acids is 2. The van der Waals surface area contributed by atoms with Gasteiger partial charge in [0.1, 0.15) is 0 Å². The Kier molecular flexibility index (Phi) is 4.61. The summed E-state index contributed by atoms with van der Waals surface area (Å²) in [5.41, 5.74) is 7.55. The summed E-state index contributed by atoms with van der Waals surface area (Å²) in [7, 11) is 0. The van der Waals surface area contributed by atoms with E-state index in [-0.39, 0.29) is 17.9 Å². The molecular weight excluding hydrogens is 254 g/mol. The summed E-state index contributed by atoms with van der Waals surface area (Å²) in [6.45, 7) is 3.73. The van der Waals surface area contributed by atoms with Crippen LogP contribution in [-0.4, -0.2) is 29.9 Å². The van der Waals surface area contributed by atoms with Gasteiger partial charge in [-0.1, -0.05) is 29.8 Å². The number of aryl methyl sites for hydroxylation is 1. The maximum absolute atomic E-state index is 12.0. The summed E-state index contributed by atoms with van der Waals surface area (Å²) in [6.07, 6.45) is 1.32. The Morgan fingerprint density at radius 1 is 1.35 bits per heavy atom. The first kappa shape index (κ1) is 14.4. The Morgan fingerprint density at radius 3 is 2.65 bits per heavy atom. The van der Waals surface area contributed by atoms with E-state index in [4.69, 9.17) is 5.73 Å². The lowest BCUT2D eigenvalue weighted by Gasteiger charge is -2.30. The molecule has 5 nitrogen and oxygen atoms in total. The molecule has 0 bridgehead atoms. The molecular formula is C15H21N3O2. The van der Waals surface area contributed by atoms with E-state index in [1.807, 2.05) is 25.1 Å². The van der Waals surface area contributed by atoms with Crippen molar-refractivity contribution in [2.75, 3.05) is 13.1 Å². The number of nitrogens with zero attached hydrogens (tertiary/aromatic N) is 1. The number of urea groups is 1. The van der Waals surface area contributed by atoms with Gasteiger partial charge in [-0.3, -0.25) is 4.79 Å². The number of nitrogens with one attached hydrogen (secondary N) is 1. The zero-order chi connectivity index (χ0) is 14.5. The number of benzene rings is 1. The van der Waals surface area contributed by atoms with Crippen LogP contribution in [0.15, 0.2) is 24.3 Å². The average molecular weight is 275 g/mol. The molecule has 1 heterocycles. The molecule has 1 aromatic rings. The molecule has 0 unspecified atom stereocenters. The minimum Gasteiger partial charge on any atom is -0.369 e. The van der Waals surface area contributed by atoms with E-state index in [0.29, 0.717) is 32.5 Å². The van der Waals surface area contributed by atoms with E-state index in [1.54, 1.807) is 4.90 Å². The van der Waals surface area contributed by atoms with Gasteiger partial charge in [0.05, 0.1) is 0 Å². The van der Waals surface area contributed by atoms with Crippen molar-refractivity contribution in [1.29, 1.82) is 0 Å². The van der Waals surface area contributed by atoms with Crippen LogP contribution in [0.25, 0.3) is 0 Å². The van der Waals surface area contributed by atoms with Crippen LogP contribution in [0, 0.1) is 12.8 Å². The van der Waals surface area contributed by atoms with E-state index in [9.17, 15) is 9.59 Å². The highest BCUT2D eigenvalue weighted by molar-refractivity contribution is 5.78. The lowest BCUT2D eigenvalue weighted by molar-refractivity contribution is -0.123. The molecule has 1 aliphatic heterocycles. The van der Waals surface area contributed by atoms with Crippen molar-refractivity contribution in [3.8, 4) is 0 Å². The van der Waals surface area contributed by atoms with Crippen LogP contribution in [0.4, 0.5) is 4.79 Å². The first-order chi connectivity index (χ1) is 9.56. The fourth-order valence-corrected chi connectivity index (χ4v) is 2.48. The van der Waals surface area contributed by atoms with Crippen LogP contribution < -0.4 is 11.1 Å². The van der Waals surface area contributed by atoms with Gasteiger partial charge in [0, 0.05) is 25.6 Å². The molecule has 3 N–H and O–H groups in total. The number of amides is 3. The summed E-state index contributed by atoms with van der Waals surface area (Å²) in [6, 6.07) is 7.98. The predicted octanol–water partition coefficient (Wildman–Crippen LogP) is 1.40. The SMILES string of the molecule is Cc1cccc(CNC(=O)N2CCC(C(N)=O)CC2)c1. The van der Waals surface area contributed by atoms with Gasteiger partial charge in [0.15, 0.2) is 0 Å². The van der Waals surface area contributed by atoms with Crippen LogP contribution in [0.3, 0.4) is 0 Å². The summed E-state index contributed by atoms with van der Waals surface area (Å²) >= 11 is 0. The number of primary amides is 1. The molecule has 20 heavy (non-hydrogen) atoms. The second-order valence-electron chi connectivity index (χ2n) is 5.31. The number of piperidine rings is 1. The Morgan fingerprint density at radius 2 is 2.05 bits per heavy atom. The molecule has 1 aliphatic rings. The van der Waals surface area contributed by atoms with Gasteiger partial charge in [0.25, 0.3) is 0 Å². The van der Waals surface area contributed by atoms with Crippen LogP contribution in [-0.2, 0) is 11.3 Å². The average Bonchev–Trinajstić information content (AvgIpc) is 2.45. The fraction of sp³-hybridized carbons (Fsp3) is 0.467. The number of carbonyl (C=O) groups is 2. The number of nitrogens with two attached hydrogens (primary N) is 1.